The summed E-state index contributed by atoms with van der Waals surface area (Å²) in [6.45, 7) is 4.63. The summed E-state index contributed by atoms with van der Waals surface area (Å²) in [4.78, 5) is 14.8. The van der Waals surface area contributed by atoms with Gasteiger partial charge in [-0.05, 0) is 37.5 Å². The zero-order chi connectivity index (χ0) is 16.4. The van der Waals surface area contributed by atoms with Gasteiger partial charge in [-0.1, -0.05) is 6.92 Å². The average molecular weight is 324 g/mol. The second-order valence-corrected chi connectivity index (χ2v) is 6.27. The minimum absolute atomic E-state index is 0.115. The lowest BCUT2D eigenvalue weighted by Crippen LogP contribution is -2.52. The van der Waals surface area contributed by atoms with Gasteiger partial charge in [0.2, 0.25) is 5.91 Å². The van der Waals surface area contributed by atoms with Crippen LogP contribution in [0, 0.1) is 11.6 Å². The van der Waals surface area contributed by atoms with Gasteiger partial charge < -0.3 is 10.1 Å². The molecule has 1 aliphatic carbocycles. The van der Waals surface area contributed by atoms with Gasteiger partial charge in [-0.15, -0.1) is 0 Å². The van der Waals surface area contributed by atoms with Crippen molar-refractivity contribution in [1.82, 2.24) is 10.2 Å². The van der Waals surface area contributed by atoms with Crippen molar-refractivity contribution in [3.8, 4) is 0 Å². The van der Waals surface area contributed by atoms with E-state index < -0.39 is 17.2 Å². The van der Waals surface area contributed by atoms with E-state index >= 15 is 0 Å². The van der Waals surface area contributed by atoms with E-state index in [0.29, 0.717) is 45.6 Å². The van der Waals surface area contributed by atoms with E-state index in [-0.39, 0.29) is 17.5 Å². The highest BCUT2D eigenvalue weighted by atomic mass is 19.1. The summed E-state index contributed by atoms with van der Waals surface area (Å²) in [6, 6.07) is 3.15. The first-order valence-corrected chi connectivity index (χ1v) is 8.15. The van der Waals surface area contributed by atoms with Gasteiger partial charge in [0.1, 0.15) is 11.6 Å². The van der Waals surface area contributed by atoms with Gasteiger partial charge in [0.25, 0.3) is 0 Å². The Morgan fingerprint density at radius 3 is 2.65 bits per heavy atom. The molecule has 1 saturated heterocycles. The van der Waals surface area contributed by atoms with Crippen LogP contribution >= 0.6 is 0 Å². The summed E-state index contributed by atoms with van der Waals surface area (Å²) in [6.07, 6.45) is 1.95. The molecule has 0 aromatic heterocycles. The Kier molecular flexibility index (Phi) is 4.64. The Morgan fingerprint density at radius 2 is 2.04 bits per heavy atom. The Labute approximate surface area is 134 Å². The van der Waals surface area contributed by atoms with Crippen LogP contribution in [0.25, 0.3) is 0 Å². The van der Waals surface area contributed by atoms with Crippen LogP contribution < -0.4 is 5.32 Å². The quantitative estimate of drug-likeness (QED) is 0.903. The second-order valence-electron chi connectivity index (χ2n) is 6.27. The number of carbonyl (C=O) groups excluding carboxylic acids is 1. The summed E-state index contributed by atoms with van der Waals surface area (Å²) in [5.74, 6) is -1.07. The highest BCUT2D eigenvalue weighted by Crippen LogP contribution is 2.46. The fourth-order valence-electron chi connectivity index (χ4n) is 3.27. The van der Waals surface area contributed by atoms with E-state index in [1.807, 2.05) is 6.92 Å². The Balaban J connectivity index is 1.74. The molecule has 0 bridgehead atoms. The number of morpholine rings is 1. The predicted octanol–water partition coefficient (Wildman–Crippen LogP) is 2.18. The fraction of sp³-hybridized carbons (Fsp3) is 0.588. The SMILES string of the molecule is CC[C@H](C(=O)NC1(c2cc(F)ccc2F)CC1)N1CCOCC1. The lowest BCUT2D eigenvalue weighted by Gasteiger charge is -2.34. The molecule has 1 amide bonds. The molecule has 1 N–H and O–H groups in total. The summed E-state index contributed by atoms with van der Waals surface area (Å²) in [7, 11) is 0. The van der Waals surface area contributed by atoms with Gasteiger partial charge in [-0.2, -0.15) is 0 Å². The molecular weight excluding hydrogens is 302 g/mol. The highest BCUT2D eigenvalue weighted by molar-refractivity contribution is 5.83. The third-order valence-electron chi connectivity index (χ3n) is 4.73. The summed E-state index contributed by atoms with van der Waals surface area (Å²) in [5, 5.41) is 2.97. The second kappa shape index (κ2) is 6.53. The minimum atomic E-state index is -0.747. The van der Waals surface area contributed by atoms with Crippen LogP contribution in [-0.4, -0.2) is 43.2 Å². The van der Waals surface area contributed by atoms with Gasteiger partial charge in [0.15, 0.2) is 0 Å². The maximum atomic E-state index is 14.0. The van der Waals surface area contributed by atoms with Crippen molar-refractivity contribution >= 4 is 5.91 Å². The molecule has 2 aliphatic rings. The van der Waals surface area contributed by atoms with Crippen molar-refractivity contribution in [3.05, 3.63) is 35.4 Å². The van der Waals surface area contributed by atoms with Crippen LogP contribution in [0.4, 0.5) is 8.78 Å². The first-order valence-electron chi connectivity index (χ1n) is 8.15. The molecule has 1 saturated carbocycles. The summed E-state index contributed by atoms with van der Waals surface area (Å²) in [5.41, 5.74) is -0.495. The van der Waals surface area contributed by atoms with Crippen molar-refractivity contribution < 1.29 is 18.3 Å². The lowest BCUT2D eigenvalue weighted by atomic mass is 10.0. The van der Waals surface area contributed by atoms with Crippen LogP contribution in [0.1, 0.15) is 31.7 Å². The molecule has 2 fully saturated rings. The topological polar surface area (TPSA) is 41.6 Å². The average Bonchev–Trinajstić information content (AvgIpc) is 3.32. The Bertz CT molecular complexity index is 584. The molecule has 1 aromatic rings. The molecule has 1 aliphatic heterocycles. The van der Waals surface area contributed by atoms with E-state index in [2.05, 4.69) is 10.2 Å². The summed E-state index contributed by atoms with van der Waals surface area (Å²) < 4.78 is 32.8. The fourth-order valence-corrected chi connectivity index (χ4v) is 3.27. The first-order chi connectivity index (χ1) is 11.1. The number of amides is 1. The molecule has 23 heavy (non-hydrogen) atoms. The van der Waals surface area contributed by atoms with Crippen LogP contribution in [0.2, 0.25) is 0 Å². The van der Waals surface area contributed by atoms with Crippen LogP contribution in [-0.2, 0) is 15.1 Å². The molecule has 1 heterocycles. The van der Waals surface area contributed by atoms with Gasteiger partial charge in [0.05, 0.1) is 24.8 Å². The number of benzene rings is 1. The van der Waals surface area contributed by atoms with Crippen LogP contribution in [0.15, 0.2) is 18.2 Å². The molecule has 6 heteroatoms. The number of nitrogens with zero attached hydrogens (tertiary/aromatic N) is 1. The van der Waals surface area contributed by atoms with Gasteiger partial charge in [-0.25, -0.2) is 8.78 Å². The molecule has 4 nitrogen and oxygen atoms in total. The molecule has 0 spiro atoms. The lowest BCUT2D eigenvalue weighted by molar-refractivity contribution is -0.129. The molecule has 0 radical (unpaired) electrons. The number of nitrogens with one attached hydrogen (secondary N) is 1. The van der Waals surface area contributed by atoms with Crippen LogP contribution in [0.5, 0.6) is 0 Å². The van der Waals surface area contributed by atoms with Gasteiger partial charge in [0, 0.05) is 18.7 Å². The predicted molar refractivity (Wildman–Crippen MR) is 81.9 cm³/mol. The van der Waals surface area contributed by atoms with Crippen LogP contribution in [0.3, 0.4) is 0 Å². The maximum Gasteiger partial charge on any atom is 0.238 e. The molecule has 1 aromatic carbocycles. The van der Waals surface area contributed by atoms with Crippen molar-refractivity contribution in [2.24, 2.45) is 0 Å². The monoisotopic (exact) mass is 324 g/mol. The van der Waals surface area contributed by atoms with Crippen molar-refractivity contribution in [2.75, 3.05) is 26.3 Å². The van der Waals surface area contributed by atoms with E-state index in [9.17, 15) is 13.6 Å². The first kappa shape index (κ1) is 16.3. The van der Waals surface area contributed by atoms with Gasteiger partial charge >= 0.3 is 0 Å². The van der Waals surface area contributed by atoms with Gasteiger partial charge in [-0.3, -0.25) is 9.69 Å². The Morgan fingerprint density at radius 1 is 1.35 bits per heavy atom. The highest BCUT2D eigenvalue weighted by Gasteiger charge is 2.48. The Hall–Kier alpha value is -1.53. The van der Waals surface area contributed by atoms with Crippen molar-refractivity contribution in [2.45, 2.75) is 37.8 Å². The molecule has 126 valence electrons. The van der Waals surface area contributed by atoms with Crippen molar-refractivity contribution in [1.29, 1.82) is 0 Å². The number of hydrogen-bond acceptors (Lipinski definition) is 3. The number of ether oxygens (including phenoxy) is 1. The largest absolute Gasteiger partial charge is 0.379 e. The van der Waals surface area contributed by atoms with E-state index in [4.69, 9.17) is 4.74 Å². The third-order valence-corrected chi connectivity index (χ3v) is 4.73. The van der Waals surface area contributed by atoms with E-state index in [1.54, 1.807) is 0 Å². The number of hydrogen-bond donors (Lipinski definition) is 1. The maximum absolute atomic E-state index is 14.0. The molecule has 3 rings (SSSR count). The minimum Gasteiger partial charge on any atom is -0.379 e. The van der Waals surface area contributed by atoms with E-state index in [0.717, 1.165) is 12.1 Å². The zero-order valence-corrected chi connectivity index (χ0v) is 13.3. The normalized spacial score (nSPS) is 21.7. The number of rotatable bonds is 5. The molecule has 1 atom stereocenters. The standard InChI is InChI=1S/C17H22F2N2O2/c1-2-15(21-7-9-23-10-8-21)16(22)20-17(5-6-17)13-11-12(18)3-4-14(13)19/h3-4,11,15H,2,5-10H2,1H3,(H,20,22)/t15-/m1/s1. The number of carbonyl (C=O) groups is 1. The van der Waals surface area contributed by atoms with Crippen molar-refractivity contribution in [3.63, 3.8) is 0 Å². The molecular formula is C17H22F2N2O2. The smallest absolute Gasteiger partial charge is 0.238 e. The zero-order valence-electron chi connectivity index (χ0n) is 13.3. The van der Waals surface area contributed by atoms with E-state index in [1.165, 1.54) is 6.07 Å². The molecule has 0 unspecified atom stereocenters. The number of halogens is 2. The summed E-state index contributed by atoms with van der Waals surface area (Å²) >= 11 is 0. The third kappa shape index (κ3) is 3.38.